The zero-order valence-electron chi connectivity index (χ0n) is 17.3. The molecule has 0 spiro atoms. The number of nitrogens with zero attached hydrogens (tertiary/aromatic N) is 5. The van der Waals surface area contributed by atoms with E-state index < -0.39 is 0 Å². The van der Waals surface area contributed by atoms with E-state index in [0.29, 0.717) is 28.9 Å². The molecule has 0 fully saturated rings. The Morgan fingerprint density at radius 3 is 2.80 bits per heavy atom. The molecule has 156 valence electrons. The van der Waals surface area contributed by atoms with Gasteiger partial charge in [0.25, 0.3) is 5.91 Å². The minimum absolute atomic E-state index is 0.137. The van der Waals surface area contributed by atoms with Crippen molar-refractivity contribution in [2.45, 2.75) is 33.2 Å². The van der Waals surface area contributed by atoms with Crippen LogP contribution in [0.4, 0.5) is 0 Å². The molecule has 0 saturated carbocycles. The summed E-state index contributed by atoms with van der Waals surface area (Å²) in [4.78, 5) is 20.1. The van der Waals surface area contributed by atoms with Crippen LogP contribution in [0.15, 0.2) is 24.4 Å². The number of carbonyl (C=O) groups excluding carboxylic acids is 1. The van der Waals surface area contributed by atoms with Crippen LogP contribution in [0.5, 0.6) is 0 Å². The Labute approximate surface area is 183 Å². The van der Waals surface area contributed by atoms with Gasteiger partial charge in [-0.25, -0.2) is 9.67 Å². The van der Waals surface area contributed by atoms with Gasteiger partial charge in [0.15, 0.2) is 10.4 Å². The molecule has 0 atom stereocenters. The van der Waals surface area contributed by atoms with Gasteiger partial charge >= 0.3 is 0 Å². The minimum atomic E-state index is -0.156. The standard InChI is InChI=1S/C20H23N7OS2/c1-11(2)27-18-14(10-22-27)13(9-15(23-18)16-6-5-12(3)30-16)19(28)21-8-7-17-24-25-20(29)26(17)4/h5-6,9-11H,7-8H2,1-4H3,(H,21,28)(H,25,29). The molecule has 0 radical (unpaired) electrons. The maximum absolute atomic E-state index is 13.1. The number of aryl methyl sites for hydroxylation is 1. The van der Waals surface area contributed by atoms with E-state index in [2.05, 4.69) is 33.6 Å². The van der Waals surface area contributed by atoms with Crippen LogP contribution in [0.25, 0.3) is 21.6 Å². The minimum Gasteiger partial charge on any atom is -0.352 e. The first-order valence-electron chi connectivity index (χ1n) is 9.68. The Hall–Kier alpha value is -2.85. The third kappa shape index (κ3) is 3.80. The SMILES string of the molecule is Cc1ccc(-c2cc(C(=O)NCCc3n[nH]c(=S)n3C)c3cnn(C(C)C)c3n2)s1. The van der Waals surface area contributed by atoms with E-state index in [4.69, 9.17) is 17.2 Å². The summed E-state index contributed by atoms with van der Waals surface area (Å²) in [6, 6.07) is 6.09. The van der Waals surface area contributed by atoms with Gasteiger partial charge in [-0.2, -0.15) is 10.2 Å². The Morgan fingerprint density at radius 1 is 1.37 bits per heavy atom. The molecule has 0 aliphatic heterocycles. The summed E-state index contributed by atoms with van der Waals surface area (Å²) >= 11 is 6.79. The molecule has 8 nitrogen and oxygen atoms in total. The first kappa shape index (κ1) is 20.4. The lowest BCUT2D eigenvalue weighted by Gasteiger charge is -2.10. The molecule has 1 amide bonds. The summed E-state index contributed by atoms with van der Waals surface area (Å²) in [5.41, 5.74) is 2.07. The van der Waals surface area contributed by atoms with Crippen LogP contribution in [0.1, 0.15) is 40.9 Å². The number of rotatable bonds is 6. The lowest BCUT2D eigenvalue weighted by Crippen LogP contribution is -2.26. The van der Waals surface area contributed by atoms with E-state index in [0.717, 1.165) is 21.8 Å². The summed E-state index contributed by atoms with van der Waals surface area (Å²) in [5, 5.41) is 15.2. The molecule has 4 aromatic rings. The normalized spacial score (nSPS) is 11.5. The third-order valence-electron chi connectivity index (χ3n) is 4.90. The van der Waals surface area contributed by atoms with E-state index in [1.807, 2.05) is 37.7 Å². The first-order valence-corrected chi connectivity index (χ1v) is 10.9. The van der Waals surface area contributed by atoms with Crippen LogP contribution in [-0.4, -0.2) is 42.0 Å². The molecule has 0 aliphatic carbocycles. The van der Waals surface area contributed by atoms with Crippen molar-refractivity contribution in [3.05, 3.63) is 45.4 Å². The van der Waals surface area contributed by atoms with Gasteiger partial charge in [-0.05, 0) is 51.2 Å². The molecular weight excluding hydrogens is 418 g/mol. The van der Waals surface area contributed by atoms with Gasteiger partial charge in [0.05, 0.1) is 27.7 Å². The number of thiophene rings is 1. The van der Waals surface area contributed by atoms with Crippen molar-refractivity contribution in [2.75, 3.05) is 6.54 Å². The predicted molar refractivity (Wildman–Crippen MR) is 120 cm³/mol. The van der Waals surface area contributed by atoms with Crippen LogP contribution in [-0.2, 0) is 13.5 Å². The second-order valence-electron chi connectivity index (χ2n) is 7.40. The van der Waals surface area contributed by atoms with Gasteiger partial charge in [-0.3, -0.25) is 9.89 Å². The molecule has 0 bridgehead atoms. The van der Waals surface area contributed by atoms with Gasteiger partial charge in [0.2, 0.25) is 0 Å². The number of amides is 1. The van der Waals surface area contributed by atoms with Crippen molar-refractivity contribution >= 4 is 40.5 Å². The van der Waals surface area contributed by atoms with Crippen molar-refractivity contribution in [1.29, 1.82) is 0 Å². The number of carbonyl (C=O) groups is 1. The molecule has 10 heteroatoms. The first-order chi connectivity index (χ1) is 14.3. The predicted octanol–water partition coefficient (Wildman–Crippen LogP) is 3.81. The number of fused-ring (bicyclic) bond motifs is 1. The quantitative estimate of drug-likeness (QED) is 0.444. The van der Waals surface area contributed by atoms with Gasteiger partial charge < -0.3 is 9.88 Å². The van der Waals surface area contributed by atoms with Gasteiger partial charge in [-0.15, -0.1) is 11.3 Å². The van der Waals surface area contributed by atoms with Crippen molar-refractivity contribution in [1.82, 2.24) is 34.8 Å². The second kappa shape index (κ2) is 8.11. The fraction of sp³-hybridized carbons (Fsp3) is 0.350. The maximum atomic E-state index is 13.1. The number of nitrogens with one attached hydrogen (secondary N) is 2. The van der Waals surface area contributed by atoms with Crippen molar-refractivity contribution in [3.8, 4) is 10.6 Å². The number of aromatic nitrogens is 6. The van der Waals surface area contributed by atoms with Crippen molar-refractivity contribution in [3.63, 3.8) is 0 Å². The van der Waals surface area contributed by atoms with Crippen LogP contribution in [0.3, 0.4) is 0 Å². The van der Waals surface area contributed by atoms with Gasteiger partial charge in [-0.1, -0.05) is 0 Å². The van der Waals surface area contributed by atoms with Crippen molar-refractivity contribution in [2.24, 2.45) is 7.05 Å². The van der Waals surface area contributed by atoms with Crippen LogP contribution in [0.2, 0.25) is 0 Å². The molecule has 0 saturated heterocycles. The second-order valence-corrected chi connectivity index (χ2v) is 9.07. The summed E-state index contributed by atoms with van der Waals surface area (Å²) < 4.78 is 4.21. The Morgan fingerprint density at radius 2 is 2.17 bits per heavy atom. The maximum Gasteiger partial charge on any atom is 0.252 e. The molecular formula is C20H23N7OS2. The van der Waals surface area contributed by atoms with Crippen LogP contribution >= 0.6 is 23.6 Å². The smallest absolute Gasteiger partial charge is 0.252 e. The van der Waals surface area contributed by atoms with E-state index >= 15 is 0 Å². The van der Waals surface area contributed by atoms with Crippen LogP contribution < -0.4 is 5.32 Å². The molecule has 0 aromatic carbocycles. The molecule has 2 N–H and O–H groups in total. The van der Waals surface area contributed by atoms with E-state index in [-0.39, 0.29) is 11.9 Å². The topological polar surface area (TPSA) is 93.4 Å². The fourth-order valence-corrected chi connectivity index (χ4v) is 4.25. The molecule has 30 heavy (non-hydrogen) atoms. The number of H-pyrrole nitrogens is 1. The van der Waals surface area contributed by atoms with Crippen LogP contribution in [0, 0.1) is 11.7 Å². The number of pyridine rings is 1. The van der Waals surface area contributed by atoms with Gasteiger partial charge in [0.1, 0.15) is 5.82 Å². The zero-order chi connectivity index (χ0) is 21.4. The lowest BCUT2D eigenvalue weighted by molar-refractivity contribution is 0.0955. The Bertz CT molecular complexity index is 1280. The highest BCUT2D eigenvalue weighted by Gasteiger charge is 2.19. The van der Waals surface area contributed by atoms with E-state index in [1.54, 1.807) is 22.1 Å². The molecule has 4 heterocycles. The van der Waals surface area contributed by atoms with Crippen molar-refractivity contribution < 1.29 is 4.79 Å². The number of hydrogen-bond acceptors (Lipinski definition) is 6. The number of aromatic amines is 1. The molecule has 0 unspecified atom stereocenters. The van der Waals surface area contributed by atoms with Gasteiger partial charge in [0, 0.05) is 30.9 Å². The largest absolute Gasteiger partial charge is 0.352 e. The summed E-state index contributed by atoms with van der Waals surface area (Å²) in [6.07, 6.45) is 2.30. The highest BCUT2D eigenvalue weighted by Crippen LogP contribution is 2.30. The van der Waals surface area contributed by atoms with E-state index in [9.17, 15) is 4.79 Å². The molecule has 4 aromatic heterocycles. The molecule has 4 rings (SSSR count). The third-order valence-corrected chi connectivity index (χ3v) is 6.29. The average molecular weight is 442 g/mol. The monoisotopic (exact) mass is 441 g/mol. The highest BCUT2D eigenvalue weighted by molar-refractivity contribution is 7.71. The average Bonchev–Trinajstić information content (AvgIpc) is 3.41. The lowest BCUT2D eigenvalue weighted by atomic mass is 10.1. The summed E-state index contributed by atoms with van der Waals surface area (Å²) in [7, 11) is 1.85. The molecule has 0 aliphatic rings. The fourth-order valence-electron chi connectivity index (χ4n) is 3.27. The zero-order valence-corrected chi connectivity index (χ0v) is 18.9. The Balaban J connectivity index is 1.66. The summed E-state index contributed by atoms with van der Waals surface area (Å²) in [5.74, 6) is 0.638. The number of hydrogen-bond donors (Lipinski definition) is 2. The summed E-state index contributed by atoms with van der Waals surface area (Å²) in [6.45, 7) is 6.60. The highest BCUT2D eigenvalue weighted by atomic mass is 32.1. The van der Waals surface area contributed by atoms with E-state index in [1.165, 1.54) is 4.88 Å². The Kier molecular flexibility index (Phi) is 5.52.